The molecule has 0 atom stereocenters. The standard InChI is InChI=1S/2C6H15NO.Ni/c2*1-6(2,8)5-7(3)4;/h2*8H,5H2,1-4H3;. The first-order valence-electron chi connectivity index (χ1n) is 5.58. The predicted molar refractivity (Wildman–Crippen MR) is 69.7 cm³/mol. The fourth-order valence-corrected chi connectivity index (χ4v) is 1.55. The molecular formula is C12H30N2NiO2. The van der Waals surface area contributed by atoms with Crippen LogP contribution >= 0.6 is 0 Å². The maximum atomic E-state index is 9.15. The second kappa shape index (κ2) is 9.29. The Kier molecular flexibility index (Phi) is 12.3. The molecule has 0 aromatic heterocycles. The molecule has 0 aliphatic rings. The van der Waals surface area contributed by atoms with Crippen LogP contribution in [0.4, 0.5) is 0 Å². The van der Waals surface area contributed by atoms with Gasteiger partial charge in [-0.05, 0) is 55.9 Å². The molecule has 0 saturated carbocycles. The van der Waals surface area contributed by atoms with E-state index in [4.69, 9.17) is 10.2 Å². The SMILES string of the molecule is CN(C)CC(C)(C)O.CN(C)CC(C)(C)O.[Ni]. The molecule has 17 heavy (non-hydrogen) atoms. The minimum atomic E-state index is -0.552. The quantitative estimate of drug-likeness (QED) is 0.747. The second-order valence-electron chi connectivity index (χ2n) is 6.10. The number of likely N-dealkylation sites (N-methyl/N-ethyl adjacent to an activating group) is 2. The van der Waals surface area contributed by atoms with Crippen LogP contribution in [0, 0.1) is 0 Å². The van der Waals surface area contributed by atoms with Crippen molar-refractivity contribution in [2.75, 3.05) is 41.3 Å². The average molecular weight is 293 g/mol. The molecule has 0 radical (unpaired) electrons. The molecule has 0 saturated heterocycles. The molecule has 0 spiro atoms. The monoisotopic (exact) mass is 292 g/mol. The summed E-state index contributed by atoms with van der Waals surface area (Å²) in [6, 6.07) is 0. The van der Waals surface area contributed by atoms with Crippen LogP contribution in [0.1, 0.15) is 27.7 Å². The Hall–Kier alpha value is 0.334. The third-order valence-corrected chi connectivity index (χ3v) is 1.41. The molecule has 0 aliphatic carbocycles. The van der Waals surface area contributed by atoms with Crippen LogP contribution in [-0.4, -0.2) is 72.5 Å². The number of nitrogens with zero attached hydrogens (tertiary/aromatic N) is 2. The van der Waals surface area contributed by atoms with Gasteiger partial charge in [0.25, 0.3) is 0 Å². The van der Waals surface area contributed by atoms with Crippen molar-refractivity contribution in [2.45, 2.75) is 38.9 Å². The molecule has 0 unspecified atom stereocenters. The molecule has 5 heteroatoms. The van der Waals surface area contributed by atoms with Crippen LogP contribution < -0.4 is 0 Å². The summed E-state index contributed by atoms with van der Waals surface area (Å²) in [6.07, 6.45) is 0. The first kappa shape index (κ1) is 22.5. The molecule has 0 aliphatic heterocycles. The molecule has 0 amide bonds. The first-order valence-corrected chi connectivity index (χ1v) is 5.58. The summed E-state index contributed by atoms with van der Waals surface area (Å²) < 4.78 is 0. The normalized spacial score (nSPS) is 12.0. The van der Waals surface area contributed by atoms with Crippen molar-refractivity contribution in [3.63, 3.8) is 0 Å². The van der Waals surface area contributed by atoms with Gasteiger partial charge in [0.2, 0.25) is 0 Å². The Morgan fingerprint density at radius 1 is 0.706 bits per heavy atom. The number of hydrogen-bond acceptors (Lipinski definition) is 4. The van der Waals surface area contributed by atoms with Crippen molar-refractivity contribution in [3.05, 3.63) is 0 Å². The van der Waals surface area contributed by atoms with E-state index < -0.39 is 11.2 Å². The van der Waals surface area contributed by atoms with Gasteiger partial charge >= 0.3 is 0 Å². The van der Waals surface area contributed by atoms with E-state index in [2.05, 4.69) is 0 Å². The van der Waals surface area contributed by atoms with Crippen LogP contribution in [0.5, 0.6) is 0 Å². The van der Waals surface area contributed by atoms with E-state index in [1.165, 1.54) is 0 Å². The van der Waals surface area contributed by atoms with Gasteiger partial charge in [0.1, 0.15) is 0 Å². The van der Waals surface area contributed by atoms with E-state index >= 15 is 0 Å². The maximum absolute atomic E-state index is 9.15. The molecular weight excluding hydrogens is 263 g/mol. The van der Waals surface area contributed by atoms with Crippen LogP contribution in [0.25, 0.3) is 0 Å². The van der Waals surface area contributed by atoms with Crippen molar-refractivity contribution in [2.24, 2.45) is 0 Å². The molecule has 0 heterocycles. The van der Waals surface area contributed by atoms with E-state index in [0.717, 1.165) is 0 Å². The first-order chi connectivity index (χ1) is 6.83. The van der Waals surface area contributed by atoms with Crippen LogP contribution in [-0.2, 0) is 16.5 Å². The Bertz CT molecular complexity index is 152. The third-order valence-electron chi connectivity index (χ3n) is 1.41. The van der Waals surface area contributed by atoms with Crippen LogP contribution in [0.2, 0.25) is 0 Å². The molecule has 110 valence electrons. The van der Waals surface area contributed by atoms with Gasteiger partial charge in [0, 0.05) is 29.6 Å². The summed E-state index contributed by atoms with van der Waals surface area (Å²) in [5, 5.41) is 18.3. The van der Waals surface area contributed by atoms with Gasteiger partial charge in [0.05, 0.1) is 11.2 Å². The Morgan fingerprint density at radius 3 is 0.882 bits per heavy atom. The average Bonchev–Trinajstić information content (AvgIpc) is 1.72. The van der Waals surface area contributed by atoms with Gasteiger partial charge in [-0.25, -0.2) is 0 Å². The Balaban J connectivity index is -0.000000218. The number of rotatable bonds is 4. The van der Waals surface area contributed by atoms with Crippen molar-refractivity contribution in [1.82, 2.24) is 9.80 Å². The summed E-state index contributed by atoms with van der Waals surface area (Å²) in [5.41, 5.74) is -1.10. The Morgan fingerprint density at radius 2 is 0.882 bits per heavy atom. The van der Waals surface area contributed by atoms with Crippen molar-refractivity contribution >= 4 is 0 Å². The second-order valence-corrected chi connectivity index (χ2v) is 6.10. The van der Waals surface area contributed by atoms with Gasteiger partial charge in [-0.1, -0.05) is 0 Å². The topological polar surface area (TPSA) is 46.9 Å². The molecule has 0 rings (SSSR count). The zero-order valence-electron chi connectivity index (χ0n) is 12.5. The number of hydrogen-bond donors (Lipinski definition) is 2. The van der Waals surface area contributed by atoms with Crippen molar-refractivity contribution in [3.8, 4) is 0 Å². The minimum absolute atomic E-state index is 0. The van der Waals surface area contributed by atoms with E-state index in [1.54, 1.807) is 27.7 Å². The molecule has 0 fully saturated rings. The van der Waals surface area contributed by atoms with Gasteiger partial charge in [-0.2, -0.15) is 0 Å². The van der Waals surface area contributed by atoms with E-state index in [9.17, 15) is 0 Å². The third kappa shape index (κ3) is 31.4. The smallest absolute Gasteiger partial charge is 0.0717 e. The molecule has 2 N–H and O–H groups in total. The summed E-state index contributed by atoms with van der Waals surface area (Å²) in [6.45, 7) is 8.62. The van der Waals surface area contributed by atoms with E-state index in [0.29, 0.717) is 13.1 Å². The Labute approximate surface area is 117 Å². The van der Waals surface area contributed by atoms with Crippen molar-refractivity contribution in [1.29, 1.82) is 0 Å². The van der Waals surface area contributed by atoms with Crippen molar-refractivity contribution < 1.29 is 26.7 Å². The predicted octanol–water partition coefficient (Wildman–Crippen LogP) is 0.635. The van der Waals surface area contributed by atoms with E-state index in [-0.39, 0.29) is 16.5 Å². The molecule has 0 aromatic carbocycles. The van der Waals surface area contributed by atoms with E-state index in [1.807, 2.05) is 38.0 Å². The fraction of sp³-hybridized carbons (Fsp3) is 1.00. The van der Waals surface area contributed by atoms with Gasteiger partial charge in [-0.3, -0.25) is 0 Å². The summed E-state index contributed by atoms with van der Waals surface area (Å²) >= 11 is 0. The zero-order valence-corrected chi connectivity index (χ0v) is 13.5. The largest absolute Gasteiger partial charge is 0.389 e. The van der Waals surface area contributed by atoms with Crippen LogP contribution in [0.3, 0.4) is 0 Å². The summed E-state index contributed by atoms with van der Waals surface area (Å²) in [5.74, 6) is 0. The van der Waals surface area contributed by atoms with Gasteiger partial charge in [-0.15, -0.1) is 0 Å². The van der Waals surface area contributed by atoms with Crippen LogP contribution in [0.15, 0.2) is 0 Å². The van der Waals surface area contributed by atoms with Gasteiger partial charge in [0.15, 0.2) is 0 Å². The molecule has 0 bridgehead atoms. The summed E-state index contributed by atoms with van der Waals surface area (Å²) in [7, 11) is 7.77. The number of aliphatic hydroxyl groups is 2. The molecule has 4 nitrogen and oxygen atoms in total. The zero-order chi connectivity index (χ0) is 13.6. The van der Waals surface area contributed by atoms with Gasteiger partial charge < -0.3 is 20.0 Å². The summed E-state index contributed by atoms with van der Waals surface area (Å²) in [4.78, 5) is 3.92. The molecule has 0 aromatic rings. The fourth-order valence-electron chi connectivity index (χ4n) is 1.55. The minimum Gasteiger partial charge on any atom is -0.389 e. The maximum Gasteiger partial charge on any atom is 0.0717 e.